The number of benzene rings is 3. The Kier molecular flexibility index (Phi) is 7.47. The lowest BCUT2D eigenvalue weighted by Gasteiger charge is -2.29. The molecule has 0 N–H and O–H groups in total. The Morgan fingerprint density at radius 2 is 1.64 bits per heavy atom. The standard InChI is InChI=1S/C29H29N3O7/c1-3-5-17-38-23-16-11-19(18-24(23)37-4-2)26-25-27(39-31(26)21-9-7-6-8-10-21)29(34)30(28(25)33)20-12-14-22(15-13-20)32(35)36/h6-16,18,25-27H,3-5,17H2,1-2H3/t25-,26-,27-/m0/s1. The number of hydroxylamine groups is 1. The topological polar surface area (TPSA) is 111 Å². The van der Waals surface area contributed by atoms with Crippen molar-refractivity contribution in [3.8, 4) is 11.5 Å². The first-order valence-electron chi connectivity index (χ1n) is 13.0. The van der Waals surface area contributed by atoms with Crippen LogP contribution >= 0.6 is 0 Å². The van der Waals surface area contributed by atoms with Crippen molar-refractivity contribution in [1.82, 2.24) is 0 Å². The number of amides is 2. The molecule has 3 aromatic carbocycles. The van der Waals surface area contributed by atoms with E-state index in [1.54, 1.807) is 5.06 Å². The fourth-order valence-electron chi connectivity index (χ4n) is 4.95. The van der Waals surface area contributed by atoms with Gasteiger partial charge in [0, 0.05) is 12.1 Å². The van der Waals surface area contributed by atoms with Crippen LogP contribution in [0.15, 0.2) is 72.8 Å². The maximum atomic E-state index is 13.8. The molecule has 0 radical (unpaired) electrons. The van der Waals surface area contributed by atoms with E-state index in [0.29, 0.717) is 30.4 Å². The number of anilines is 2. The van der Waals surface area contributed by atoms with Crippen LogP contribution in [0.25, 0.3) is 0 Å². The number of para-hydroxylation sites is 1. The van der Waals surface area contributed by atoms with Crippen LogP contribution in [0.2, 0.25) is 0 Å². The van der Waals surface area contributed by atoms with Crippen molar-refractivity contribution >= 4 is 28.9 Å². The molecule has 2 amide bonds. The number of nitrogens with zero attached hydrogens (tertiary/aromatic N) is 3. The highest BCUT2D eigenvalue weighted by Gasteiger charge is 2.60. The van der Waals surface area contributed by atoms with Crippen LogP contribution in [-0.2, 0) is 14.4 Å². The third kappa shape index (κ3) is 4.90. The second-order valence-electron chi connectivity index (χ2n) is 9.28. The van der Waals surface area contributed by atoms with Gasteiger partial charge in [0.2, 0.25) is 5.91 Å². The van der Waals surface area contributed by atoms with E-state index in [-0.39, 0.29) is 11.4 Å². The first kappa shape index (κ1) is 26.2. The van der Waals surface area contributed by atoms with Gasteiger partial charge >= 0.3 is 0 Å². The second-order valence-corrected chi connectivity index (χ2v) is 9.28. The maximum absolute atomic E-state index is 13.8. The summed E-state index contributed by atoms with van der Waals surface area (Å²) in [5.41, 5.74) is 1.55. The second kappa shape index (κ2) is 11.1. The van der Waals surface area contributed by atoms with E-state index in [2.05, 4.69) is 6.92 Å². The molecular weight excluding hydrogens is 502 g/mol. The van der Waals surface area contributed by atoms with Crippen LogP contribution in [0.4, 0.5) is 17.1 Å². The van der Waals surface area contributed by atoms with Gasteiger partial charge in [-0.2, -0.15) is 0 Å². The molecule has 2 aliphatic rings. The molecule has 5 rings (SSSR count). The lowest BCUT2D eigenvalue weighted by Crippen LogP contribution is -2.37. The SMILES string of the molecule is CCCCOc1ccc([C@H]2[C@@H]3C(=O)N(c4ccc([N+](=O)[O-])cc4)C(=O)[C@H]3ON2c2ccccc2)cc1OCC. The minimum atomic E-state index is -1.06. The van der Waals surface area contributed by atoms with Crippen LogP contribution in [0.3, 0.4) is 0 Å². The summed E-state index contributed by atoms with van der Waals surface area (Å²) in [6.45, 7) is 4.95. The zero-order valence-electron chi connectivity index (χ0n) is 21.7. The van der Waals surface area contributed by atoms with Crippen molar-refractivity contribution in [2.45, 2.75) is 38.8 Å². The van der Waals surface area contributed by atoms with Crippen LogP contribution in [0, 0.1) is 16.0 Å². The smallest absolute Gasteiger partial charge is 0.269 e. The van der Waals surface area contributed by atoms with Crippen molar-refractivity contribution < 1.29 is 28.8 Å². The molecule has 2 heterocycles. The van der Waals surface area contributed by atoms with Crippen LogP contribution in [-0.4, -0.2) is 36.1 Å². The summed E-state index contributed by atoms with van der Waals surface area (Å²) in [5.74, 6) is -0.659. The monoisotopic (exact) mass is 531 g/mol. The fourth-order valence-corrected chi connectivity index (χ4v) is 4.95. The predicted octanol–water partition coefficient (Wildman–Crippen LogP) is 5.22. The molecule has 0 unspecified atom stereocenters. The van der Waals surface area contributed by atoms with Gasteiger partial charge in [-0.05, 0) is 55.3 Å². The number of nitro groups is 1. The number of hydrogen-bond acceptors (Lipinski definition) is 8. The van der Waals surface area contributed by atoms with Gasteiger partial charge in [0.05, 0.1) is 35.6 Å². The summed E-state index contributed by atoms with van der Waals surface area (Å²) in [4.78, 5) is 45.1. The van der Waals surface area contributed by atoms with Crippen LogP contribution in [0.1, 0.15) is 38.3 Å². The van der Waals surface area contributed by atoms with E-state index in [0.717, 1.165) is 23.3 Å². The minimum Gasteiger partial charge on any atom is -0.490 e. The Morgan fingerprint density at radius 3 is 2.31 bits per heavy atom. The highest BCUT2D eigenvalue weighted by atomic mass is 16.7. The largest absolute Gasteiger partial charge is 0.490 e. The van der Waals surface area contributed by atoms with Crippen molar-refractivity contribution in [2.75, 3.05) is 23.2 Å². The average molecular weight is 532 g/mol. The minimum absolute atomic E-state index is 0.132. The number of unbranched alkanes of at least 4 members (excludes halogenated alkanes) is 1. The lowest BCUT2D eigenvalue weighted by atomic mass is 9.90. The van der Waals surface area contributed by atoms with Gasteiger partial charge < -0.3 is 9.47 Å². The van der Waals surface area contributed by atoms with Crippen LogP contribution in [0.5, 0.6) is 11.5 Å². The third-order valence-corrected chi connectivity index (χ3v) is 6.81. The summed E-state index contributed by atoms with van der Waals surface area (Å²) >= 11 is 0. The van der Waals surface area contributed by atoms with Gasteiger partial charge in [-0.1, -0.05) is 37.6 Å². The predicted molar refractivity (Wildman–Crippen MR) is 144 cm³/mol. The molecule has 0 aliphatic carbocycles. The molecule has 3 atom stereocenters. The summed E-state index contributed by atoms with van der Waals surface area (Å²) < 4.78 is 11.8. The molecule has 202 valence electrons. The Morgan fingerprint density at radius 1 is 0.897 bits per heavy atom. The van der Waals surface area contributed by atoms with Crippen molar-refractivity contribution in [2.24, 2.45) is 5.92 Å². The van der Waals surface area contributed by atoms with Gasteiger partial charge in [0.1, 0.15) is 5.92 Å². The summed E-state index contributed by atoms with van der Waals surface area (Å²) in [6.07, 6.45) is 0.844. The van der Waals surface area contributed by atoms with E-state index >= 15 is 0 Å². The van der Waals surface area contributed by atoms with E-state index in [1.165, 1.54) is 24.3 Å². The molecule has 10 heteroatoms. The number of rotatable bonds is 10. The Balaban J connectivity index is 1.53. The highest BCUT2D eigenvalue weighted by Crippen LogP contribution is 2.48. The zero-order chi connectivity index (χ0) is 27.5. The number of ether oxygens (including phenoxy) is 2. The zero-order valence-corrected chi connectivity index (χ0v) is 21.7. The summed E-state index contributed by atoms with van der Waals surface area (Å²) in [6, 6.07) is 19.5. The normalized spacial score (nSPS) is 20.3. The summed E-state index contributed by atoms with van der Waals surface area (Å²) in [7, 11) is 0. The Labute approximate surface area is 225 Å². The molecule has 39 heavy (non-hydrogen) atoms. The molecule has 10 nitrogen and oxygen atoms in total. The fraction of sp³-hybridized carbons (Fsp3) is 0.310. The lowest BCUT2D eigenvalue weighted by molar-refractivity contribution is -0.384. The van der Waals surface area contributed by atoms with Crippen LogP contribution < -0.4 is 19.4 Å². The quantitative estimate of drug-likeness (QED) is 0.151. The molecule has 0 aromatic heterocycles. The maximum Gasteiger partial charge on any atom is 0.269 e. The molecule has 0 spiro atoms. The number of non-ortho nitro benzene ring substituents is 1. The van der Waals surface area contributed by atoms with E-state index < -0.39 is 34.8 Å². The number of carbonyl (C=O) groups excluding carboxylic acids is 2. The van der Waals surface area contributed by atoms with Gasteiger partial charge in [0.15, 0.2) is 17.6 Å². The van der Waals surface area contributed by atoms with Gasteiger partial charge in [-0.15, -0.1) is 0 Å². The van der Waals surface area contributed by atoms with E-state index in [1.807, 2.05) is 55.5 Å². The number of imide groups is 1. The number of carbonyl (C=O) groups is 2. The number of hydrogen-bond donors (Lipinski definition) is 0. The molecule has 0 bridgehead atoms. The Bertz CT molecular complexity index is 1360. The first-order chi connectivity index (χ1) is 18.9. The first-order valence-corrected chi connectivity index (χ1v) is 13.0. The van der Waals surface area contributed by atoms with Gasteiger partial charge in [0.25, 0.3) is 11.6 Å². The average Bonchev–Trinajstić information content (AvgIpc) is 3.46. The van der Waals surface area contributed by atoms with E-state index in [4.69, 9.17) is 14.3 Å². The third-order valence-electron chi connectivity index (χ3n) is 6.81. The van der Waals surface area contributed by atoms with E-state index in [9.17, 15) is 19.7 Å². The van der Waals surface area contributed by atoms with Crippen molar-refractivity contribution in [3.05, 3.63) is 88.5 Å². The summed E-state index contributed by atoms with van der Waals surface area (Å²) in [5, 5.41) is 12.7. The molecule has 0 saturated carbocycles. The molecule has 2 fully saturated rings. The van der Waals surface area contributed by atoms with Crippen molar-refractivity contribution in [1.29, 1.82) is 0 Å². The highest BCUT2D eigenvalue weighted by molar-refractivity contribution is 6.24. The molecule has 2 aliphatic heterocycles. The van der Waals surface area contributed by atoms with Gasteiger partial charge in [-0.3, -0.25) is 24.5 Å². The number of nitro benzene ring substituents is 1. The molecule has 2 saturated heterocycles. The van der Waals surface area contributed by atoms with Gasteiger partial charge in [-0.25, -0.2) is 9.96 Å². The van der Waals surface area contributed by atoms with Crippen molar-refractivity contribution in [3.63, 3.8) is 0 Å². The molecule has 3 aromatic rings. The Hall–Kier alpha value is -4.44. The number of fused-ring (bicyclic) bond motifs is 1. The molecular formula is C29H29N3O7.